The monoisotopic (exact) mass is 289 g/mol. The molecule has 2 nitrogen and oxygen atoms in total. The summed E-state index contributed by atoms with van der Waals surface area (Å²) >= 11 is 0. The van der Waals surface area contributed by atoms with Crippen LogP contribution < -0.4 is 0 Å². The molecule has 3 rings (SSSR count). The summed E-state index contributed by atoms with van der Waals surface area (Å²) in [6.07, 6.45) is 14.9. The third kappa shape index (κ3) is 2.52. The summed E-state index contributed by atoms with van der Waals surface area (Å²) in [5.74, 6) is 0.778. The van der Waals surface area contributed by atoms with Crippen LogP contribution in [0, 0.1) is 28.1 Å². The van der Waals surface area contributed by atoms with Crippen molar-refractivity contribution in [3.05, 3.63) is 0 Å². The molecule has 0 aromatic rings. The highest BCUT2D eigenvalue weighted by molar-refractivity contribution is 5.15. The van der Waals surface area contributed by atoms with Crippen LogP contribution in [0.1, 0.15) is 90.4 Å². The molecule has 3 saturated carbocycles. The van der Waals surface area contributed by atoms with Crippen LogP contribution in [0.4, 0.5) is 0 Å². The molecule has 1 N–H and O–H groups in total. The molecule has 0 amide bonds. The molecule has 1 spiro atoms. The summed E-state index contributed by atoms with van der Waals surface area (Å²) in [4.78, 5) is 0. The van der Waals surface area contributed by atoms with Crippen LogP contribution in [-0.4, -0.2) is 10.7 Å². The molecule has 0 heterocycles. The lowest BCUT2D eigenvalue weighted by molar-refractivity contribution is -0.121. The zero-order valence-electron chi connectivity index (χ0n) is 13.7. The van der Waals surface area contributed by atoms with Crippen molar-refractivity contribution in [2.75, 3.05) is 0 Å². The van der Waals surface area contributed by atoms with Gasteiger partial charge in [0.2, 0.25) is 0 Å². The van der Waals surface area contributed by atoms with Gasteiger partial charge in [-0.15, -0.1) is 0 Å². The van der Waals surface area contributed by atoms with E-state index in [1.165, 1.54) is 32.1 Å². The second kappa shape index (κ2) is 5.58. The van der Waals surface area contributed by atoms with Crippen molar-refractivity contribution in [1.29, 1.82) is 5.26 Å². The number of hydrogen-bond acceptors (Lipinski definition) is 2. The van der Waals surface area contributed by atoms with Gasteiger partial charge in [0, 0.05) is 0 Å². The smallest absolute Gasteiger partial charge is 0.0860 e. The molecule has 0 radical (unpaired) electrons. The van der Waals surface area contributed by atoms with Gasteiger partial charge in [0.15, 0.2) is 0 Å². The lowest BCUT2D eigenvalue weighted by atomic mass is 9.54. The lowest BCUT2D eigenvalue weighted by Gasteiger charge is -2.51. The molecule has 3 aliphatic rings. The SMILES string of the molecule is CCC1CCC(C#N)(C2(O)CCC3(CCCC3)CC2)CC1. The number of rotatable bonds is 2. The molecule has 0 saturated heterocycles. The Bertz CT molecular complexity index is 398. The maximum atomic E-state index is 11.3. The highest BCUT2D eigenvalue weighted by Crippen LogP contribution is 2.58. The summed E-state index contributed by atoms with van der Waals surface area (Å²) in [6, 6.07) is 2.60. The van der Waals surface area contributed by atoms with Crippen LogP contribution in [0.3, 0.4) is 0 Å². The van der Waals surface area contributed by atoms with Gasteiger partial charge in [-0.2, -0.15) is 5.26 Å². The Morgan fingerprint density at radius 2 is 1.52 bits per heavy atom. The maximum absolute atomic E-state index is 11.3. The molecular formula is C19H31NO. The number of aliphatic hydroxyl groups is 1. The number of hydrogen-bond donors (Lipinski definition) is 1. The summed E-state index contributed by atoms with van der Waals surface area (Å²) < 4.78 is 0. The van der Waals surface area contributed by atoms with E-state index in [1.807, 2.05) is 0 Å². The van der Waals surface area contributed by atoms with Crippen molar-refractivity contribution in [1.82, 2.24) is 0 Å². The van der Waals surface area contributed by atoms with Gasteiger partial charge in [-0.25, -0.2) is 0 Å². The number of nitriles is 1. The fourth-order valence-corrected chi connectivity index (χ4v) is 5.56. The third-order valence-electron chi connectivity index (χ3n) is 7.44. The second-order valence-corrected chi connectivity index (χ2v) is 8.28. The average molecular weight is 289 g/mol. The van der Waals surface area contributed by atoms with E-state index in [9.17, 15) is 10.4 Å². The van der Waals surface area contributed by atoms with Gasteiger partial charge in [-0.05, 0) is 75.5 Å². The summed E-state index contributed by atoms with van der Waals surface area (Å²) in [6.45, 7) is 2.25. The van der Waals surface area contributed by atoms with E-state index in [-0.39, 0.29) is 0 Å². The second-order valence-electron chi connectivity index (χ2n) is 8.28. The van der Waals surface area contributed by atoms with Gasteiger partial charge >= 0.3 is 0 Å². The van der Waals surface area contributed by atoms with E-state index in [1.54, 1.807) is 0 Å². The van der Waals surface area contributed by atoms with Crippen LogP contribution in [0.2, 0.25) is 0 Å². The Morgan fingerprint density at radius 1 is 0.952 bits per heavy atom. The third-order valence-corrected chi connectivity index (χ3v) is 7.44. The molecular weight excluding hydrogens is 258 g/mol. The highest BCUT2D eigenvalue weighted by atomic mass is 16.3. The largest absolute Gasteiger partial charge is 0.388 e. The summed E-state index contributed by atoms with van der Waals surface area (Å²) in [5, 5.41) is 21.2. The summed E-state index contributed by atoms with van der Waals surface area (Å²) in [7, 11) is 0. The fraction of sp³-hybridized carbons (Fsp3) is 0.947. The Morgan fingerprint density at radius 3 is 2.00 bits per heavy atom. The molecule has 2 heteroatoms. The van der Waals surface area contributed by atoms with Crippen LogP contribution in [0.5, 0.6) is 0 Å². The predicted octanol–water partition coefficient (Wildman–Crippen LogP) is 4.96. The van der Waals surface area contributed by atoms with E-state index in [2.05, 4.69) is 13.0 Å². The van der Waals surface area contributed by atoms with E-state index in [0.717, 1.165) is 57.3 Å². The molecule has 118 valence electrons. The molecule has 0 aromatic heterocycles. The average Bonchev–Trinajstić information content (AvgIpc) is 2.99. The quantitative estimate of drug-likeness (QED) is 0.780. The summed E-state index contributed by atoms with van der Waals surface area (Å²) in [5.41, 5.74) is -0.614. The fourth-order valence-electron chi connectivity index (χ4n) is 5.56. The van der Waals surface area contributed by atoms with Crippen LogP contribution in [0.25, 0.3) is 0 Å². The van der Waals surface area contributed by atoms with Crippen LogP contribution in [-0.2, 0) is 0 Å². The molecule has 0 aliphatic heterocycles. The molecule has 0 aromatic carbocycles. The van der Waals surface area contributed by atoms with Gasteiger partial charge in [-0.1, -0.05) is 26.2 Å². The first-order chi connectivity index (χ1) is 10.1. The minimum atomic E-state index is -0.700. The van der Waals surface area contributed by atoms with Gasteiger partial charge in [0.05, 0.1) is 17.1 Å². The van der Waals surface area contributed by atoms with Crippen molar-refractivity contribution in [2.45, 2.75) is 96.0 Å². The zero-order valence-corrected chi connectivity index (χ0v) is 13.7. The van der Waals surface area contributed by atoms with Crippen molar-refractivity contribution in [3.63, 3.8) is 0 Å². The molecule has 3 fully saturated rings. The molecule has 0 unspecified atom stereocenters. The minimum Gasteiger partial charge on any atom is -0.388 e. The first-order valence-corrected chi connectivity index (χ1v) is 9.21. The van der Waals surface area contributed by atoms with E-state index in [0.29, 0.717) is 5.41 Å². The van der Waals surface area contributed by atoms with Gasteiger partial charge in [0.25, 0.3) is 0 Å². The zero-order chi connectivity index (χ0) is 15.0. The molecule has 0 bridgehead atoms. The van der Waals surface area contributed by atoms with Gasteiger partial charge in [-0.3, -0.25) is 0 Å². The van der Waals surface area contributed by atoms with Crippen molar-refractivity contribution >= 4 is 0 Å². The van der Waals surface area contributed by atoms with Crippen LogP contribution in [0.15, 0.2) is 0 Å². The topological polar surface area (TPSA) is 44.0 Å². The van der Waals surface area contributed by atoms with Crippen molar-refractivity contribution in [2.24, 2.45) is 16.7 Å². The Balaban J connectivity index is 1.71. The molecule has 3 aliphatic carbocycles. The Kier molecular flexibility index (Phi) is 4.08. The first-order valence-electron chi connectivity index (χ1n) is 9.21. The van der Waals surface area contributed by atoms with Gasteiger partial charge in [0.1, 0.15) is 0 Å². The van der Waals surface area contributed by atoms with Crippen molar-refractivity contribution < 1.29 is 5.11 Å². The van der Waals surface area contributed by atoms with E-state index in [4.69, 9.17) is 0 Å². The maximum Gasteiger partial charge on any atom is 0.0860 e. The Hall–Kier alpha value is -0.550. The normalized spacial score (nSPS) is 38.2. The van der Waals surface area contributed by atoms with Crippen LogP contribution >= 0.6 is 0 Å². The Labute approximate surface area is 129 Å². The lowest BCUT2D eigenvalue weighted by Crippen LogP contribution is -2.52. The molecule has 0 atom stereocenters. The first kappa shape index (κ1) is 15.3. The van der Waals surface area contributed by atoms with E-state index < -0.39 is 11.0 Å². The standard InChI is InChI=1S/C19H31NO/c1-2-16-5-9-18(15-20,10-6-16)19(21)13-11-17(12-14-19)7-3-4-8-17/h16,21H,2-14H2,1H3. The van der Waals surface area contributed by atoms with E-state index >= 15 is 0 Å². The molecule has 21 heavy (non-hydrogen) atoms. The predicted molar refractivity (Wildman–Crippen MR) is 84.6 cm³/mol. The van der Waals surface area contributed by atoms with Gasteiger partial charge < -0.3 is 5.11 Å². The number of nitrogens with zero attached hydrogens (tertiary/aromatic N) is 1. The van der Waals surface area contributed by atoms with Crippen molar-refractivity contribution in [3.8, 4) is 6.07 Å². The highest BCUT2D eigenvalue weighted by Gasteiger charge is 2.55. The minimum absolute atomic E-state index is 0.446.